The van der Waals surface area contributed by atoms with Crippen molar-refractivity contribution in [2.45, 2.75) is 45.0 Å². The van der Waals surface area contributed by atoms with E-state index in [4.69, 9.17) is 4.74 Å². The predicted octanol–water partition coefficient (Wildman–Crippen LogP) is 3.25. The van der Waals surface area contributed by atoms with Gasteiger partial charge in [0.25, 0.3) is 0 Å². The molecule has 1 aromatic carbocycles. The van der Waals surface area contributed by atoms with Gasteiger partial charge in [-0.05, 0) is 39.7 Å². The fourth-order valence-corrected chi connectivity index (χ4v) is 4.45. The monoisotopic (exact) mass is 523 g/mol. The summed E-state index contributed by atoms with van der Waals surface area (Å²) in [6.07, 6.45) is 0.887. The summed E-state index contributed by atoms with van der Waals surface area (Å²) < 4.78 is 29.6. The van der Waals surface area contributed by atoms with E-state index in [0.29, 0.717) is 26.2 Å². The van der Waals surface area contributed by atoms with Crippen molar-refractivity contribution in [1.29, 1.82) is 0 Å². The standard InChI is InChI=1S/C20H33N3O3S.HI/c1-5-21-19(23-13-15-27(24,25)20(3,4)16-23)22-12-9-14-26-17(2)18-10-7-6-8-11-18;/h6-8,10-11,17H,5,9,12-16H2,1-4H3,(H,21,22);1H. The third-order valence-electron chi connectivity index (χ3n) is 4.88. The molecule has 6 nitrogen and oxygen atoms in total. The smallest absolute Gasteiger partial charge is 0.193 e. The summed E-state index contributed by atoms with van der Waals surface area (Å²) in [6.45, 7) is 10.6. The largest absolute Gasteiger partial charge is 0.374 e. The average molecular weight is 523 g/mol. The maximum absolute atomic E-state index is 12.2. The molecule has 2 rings (SSSR count). The lowest BCUT2D eigenvalue weighted by Crippen LogP contribution is -2.57. The Balaban J connectivity index is 0.00000392. The fourth-order valence-electron chi connectivity index (χ4n) is 3.08. The molecule has 1 unspecified atom stereocenters. The number of benzene rings is 1. The second-order valence-corrected chi connectivity index (χ2v) is 10.3. The molecule has 1 aliphatic heterocycles. The second kappa shape index (κ2) is 11.3. The Hall–Kier alpha value is -0.870. The number of rotatable bonds is 7. The van der Waals surface area contributed by atoms with Crippen molar-refractivity contribution in [3.8, 4) is 0 Å². The van der Waals surface area contributed by atoms with Crippen LogP contribution in [0.5, 0.6) is 0 Å². The molecule has 1 heterocycles. The number of hydrogen-bond donors (Lipinski definition) is 1. The van der Waals surface area contributed by atoms with Crippen molar-refractivity contribution in [3.05, 3.63) is 35.9 Å². The molecule has 0 aromatic heterocycles. The van der Waals surface area contributed by atoms with Crippen molar-refractivity contribution in [1.82, 2.24) is 10.2 Å². The van der Waals surface area contributed by atoms with Gasteiger partial charge in [0.05, 0.1) is 16.6 Å². The van der Waals surface area contributed by atoms with E-state index in [-0.39, 0.29) is 35.8 Å². The first-order valence-electron chi connectivity index (χ1n) is 9.69. The highest BCUT2D eigenvalue weighted by molar-refractivity contribution is 14.0. The first-order chi connectivity index (χ1) is 12.8. The van der Waals surface area contributed by atoms with E-state index >= 15 is 0 Å². The van der Waals surface area contributed by atoms with Gasteiger partial charge in [0.1, 0.15) is 0 Å². The molecule has 0 amide bonds. The maximum atomic E-state index is 12.2. The molecule has 0 radical (unpaired) electrons. The van der Waals surface area contributed by atoms with Gasteiger partial charge in [0, 0.05) is 32.8 Å². The minimum absolute atomic E-state index is 0. The van der Waals surface area contributed by atoms with Gasteiger partial charge in [0.15, 0.2) is 15.8 Å². The highest BCUT2D eigenvalue weighted by atomic mass is 127. The lowest BCUT2D eigenvalue weighted by molar-refractivity contribution is 0.0651. The third-order valence-corrected chi connectivity index (χ3v) is 7.41. The van der Waals surface area contributed by atoms with Crippen LogP contribution in [-0.2, 0) is 14.6 Å². The van der Waals surface area contributed by atoms with Gasteiger partial charge in [-0.3, -0.25) is 4.99 Å². The molecular formula is C20H34IN3O3S. The number of halogens is 1. The van der Waals surface area contributed by atoms with Gasteiger partial charge in [-0.1, -0.05) is 30.3 Å². The Kier molecular flexibility index (Phi) is 10.2. The zero-order chi connectivity index (χ0) is 19.9. The first-order valence-corrected chi connectivity index (χ1v) is 11.3. The molecule has 160 valence electrons. The van der Waals surface area contributed by atoms with Crippen molar-refractivity contribution < 1.29 is 13.2 Å². The summed E-state index contributed by atoms with van der Waals surface area (Å²) in [5, 5.41) is 3.28. The van der Waals surface area contributed by atoms with E-state index in [1.807, 2.05) is 25.1 Å². The molecule has 0 saturated carbocycles. The zero-order valence-electron chi connectivity index (χ0n) is 17.3. The summed E-state index contributed by atoms with van der Waals surface area (Å²) >= 11 is 0. The van der Waals surface area contributed by atoms with E-state index in [0.717, 1.165) is 18.9 Å². The van der Waals surface area contributed by atoms with Crippen LogP contribution in [0.3, 0.4) is 0 Å². The van der Waals surface area contributed by atoms with Crippen LogP contribution in [0.2, 0.25) is 0 Å². The summed E-state index contributed by atoms with van der Waals surface area (Å²) in [4.78, 5) is 6.73. The van der Waals surface area contributed by atoms with E-state index in [9.17, 15) is 8.42 Å². The average Bonchev–Trinajstić information content (AvgIpc) is 2.63. The topological polar surface area (TPSA) is 71.0 Å². The number of guanidine groups is 1. The van der Waals surface area contributed by atoms with Crippen molar-refractivity contribution in [2.24, 2.45) is 4.99 Å². The van der Waals surface area contributed by atoms with Gasteiger partial charge in [-0.15, -0.1) is 24.0 Å². The number of ether oxygens (including phenoxy) is 1. The molecule has 0 bridgehead atoms. The van der Waals surface area contributed by atoms with Crippen LogP contribution in [0, 0.1) is 0 Å². The number of nitrogens with one attached hydrogen (secondary N) is 1. The molecular weight excluding hydrogens is 489 g/mol. The summed E-state index contributed by atoms with van der Waals surface area (Å²) in [5.74, 6) is 0.957. The van der Waals surface area contributed by atoms with Crippen LogP contribution in [0.25, 0.3) is 0 Å². The number of nitrogens with zero attached hydrogens (tertiary/aromatic N) is 2. The predicted molar refractivity (Wildman–Crippen MR) is 126 cm³/mol. The molecule has 28 heavy (non-hydrogen) atoms. The van der Waals surface area contributed by atoms with Gasteiger partial charge in [-0.25, -0.2) is 8.42 Å². The molecule has 1 saturated heterocycles. The van der Waals surface area contributed by atoms with Crippen molar-refractivity contribution in [3.63, 3.8) is 0 Å². The van der Waals surface area contributed by atoms with Crippen LogP contribution in [-0.4, -0.2) is 62.6 Å². The Morgan fingerprint density at radius 2 is 2.00 bits per heavy atom. The molecule has 1 fully saturated rings. The number of hydrogen-bond acceptors (Lipinski definition) is 4. The highest BCUT2D eigenvalue weighted by Gasteiger charge is 2.40. The molecule has 1 N–H and O–H groups in total. The minimum atomic E-state index is -3.05. The fraction of sp³-hybridized carbons (Fsp3) is 0.650. The molecule has 1 aliphatic rings. The number of sulfone groups is 1. The van der Waals surface area contributed by atoms with E-state index in [2.05, 4.69) is 34.3 Å². The molecule has 0 spiro atoms. The Labute approximate surface area is 187 Å². The Morgan fingerprint density at radius 3 is 2.61 bits per heavy atom. The summed E-state index contributed by atoms with van der Waals surface area (Å²) in [7, 11) is -3.05. The normalized spacial score (nSPS) is 19.6. The van der Waals surface area contributed by atoms with E-state index in [1.54, 1.807) is 13.8 Å². The van der Waals surface area contributed by atoms with Crippen LogP contribution < -0.4 is 5.32 Å². The molecule has 1 aromatic rings. The van der Waals surface area contributed by atoms with Crippen LogP contribution >= 0.6 is 24.0 Å². The van der Waals surface area contributed by atoms with Gasteiger partial charge < -0.3 is 15.0 Å². The van der Waals surface area contributed by atoms with Gasteiger partial charge in [0.2, 0.25) is 0 Å². The molecule has 8 heteroatoms. The lowest BCUT2D eigenvalue weighted by atomic mass is 10.1. The van der Waals surface area contributed by atoms with E-state index in [1.165, 1.54) is 5.56 Å². The van der Waals surface area contributed by atoms with Crippen LogP contribution in [0.1, 0.15) is 45.8 Å². The van der Waals surface area contributed by atoms with E-state index < -0.39 is 14.6 Å². The Morgan fingerprint density at radius 1 is 1.32 bits per heavy atom. The number of aliphatic imine (C=N–C) groups is 1. The Bertz CT molecular complexity index is 723. The zero-order valence-corrected chi connectivity index (χ0v) is 20.5. The SMILES string of the molecule is CCNC(=NCCCOC(C)c1ccccc1)N1CCS(=O)(=O)C(C)(C)C1.I. The van der Waals surface area contributed by atoms with Gasteiger partial charge >= 0.3 is 0 Å². The molecule has 1 atom stereocenters. The quantitative estimate of drug-likeness (QED) is 0.257. The minimum Gasteiger partial charge on any atom is -0.374 e. The van der Waals surface area contributed by atoms with Gasteiger partial charge in [-0.2, -0.15) is 0 Å². The summed E-state index contributed by atoms with van der Waals surface area (Å²) in [6, 6.07) is 10.2. The lowest BCUT2D eigenvalue weighted by Gasteiger charge is -2.39. The van der Waals surface area contributed by atoms with Crippen molar-refractivity contribution >= 4 is 39.8 Å². The third kappa shape index (κ3) is 6.88. The summed E-state index contributed by atoms with van der Waals surface area (Å²) in [5.41, 5.74) is 1.17. The van der Waals surface area contributed by atoms with Crippen molar-refractivity contribution in [2.75, 3.05) is 38.5 Å². The molecule has 0 aliphatic carbocycles. The highest BCUT2D eigenvalue weighted by Crippen LogP contribution is 2.23. The van der Waals surface area contributed by atoms with Crippen LogP contribution in [0.4, 0.5) is 0 Å². The maximum Gasteiger partial charge on any atom is 0.193 e. The first kappa shape index (κ1) is 25.2. The second-order valence-electron chi connectivity index (χ2n) is 7.51. The van der Waals surface area contributed by atoms with Crippen LogP contribution in [0.15, 0.2) is 35.3 Å².